The van der Waals surface area contributed by atoms with E-state index in [2.05, 4.69) is 0 Å². The van der Waals surface area contributed by atoms with Crippen molar-refractivity contribution < 1.29 is 51.0 Å². The molecule has 6 unspecified atom stereocenters. The van der Waals surface area contributed by atoms with E-state index >= 15 is 8.78 Å². The highest BCUT2D eigenvalue weighted by Gasteiger charge is 2.77. The molecule has 4 amide bonds. The molecule has 2 heterocycles. The average Bonchev–Trinajstić information content (AvgIpc) is 3.46. The topological polar surface area (TPSA) is 104 Å². The highest BCUT2D eigenvalue weighted by atomic mass is 35.5. The number of rotatable bonds is 6. The van der Waals surface area contributed by atoms with Crippen LogP contribution in [0.15, 0.2) is 54.1 Å². The van der Waals surface area contributed by atoms with Crippen LogP contribution in [0.3, 0.4) is 0 Å². The first-order valence-corrected chi connectivity index (χ1v) is 16.8. The van der Waals surface area contributed by atoms with Crippen LogP contribution in [0.25, 0.3) is 0 Å². The van der Waals surface area contributed by atoms with Crippen molar-refractivity contribution in [3.63, 3.8) is 0 Å². The molecule has 1 N–H and O–H groups in total. The second kappa shape index (κ2) is 12.0. The first-order chi connectivity index (χ1) is 24.1. The molecule has 7 rings (SSSR count). The molecule has 0 radical (unpaired) electrons. The van der Waals surface area contributed by atoms with E-state index in [0.717, 1.165) is 10.5 Å². The molecular formula is C36H27Cl2F5N2O6. The highest BCUT2D eigenvalue weighted by Crippen LogP contribution is 2.67. The molecule has 3 aromatic carbocycles. The van der Waals surface area contributed by atoms with Crippen LogP contribution in [0.1, 0.15) is 43.7 Å². The standard InChI is InChI=1S/C36H27Cl2F5N2O6/c1-3-15-8-10-16(11-9-15)44-31(47)18-13-12-17-20(22(18)32(44)48)14-35(37)33(49)45(29-27(42)25(40)24(39)26(41)28(29)43)34(50)36(35,38)23(17)19-6-5-7-21(30(19)46)51-4-2/h5-12,18,20,22-23,46H,3-4,13-14H2,1-2H3. The molecule has 8 nitrogen and oxygen atoms in total. The van der Waals surface area contributed by atoms with Crippen LogP contribution >= 0.6 is 23.2 Å². The number of carbonyl (C=O) groups is 4. The van der Waals surface area contributed by atoms with Crippen molar-refractivity contribution in [1.82, 2.24) is 0 Å². The van der Waals surface area contributed by atoms with Crippen molar-refractivity contribution in [2.24, 2.45) is 17.8 Å². The average molecular weight is 750 g/mol. The van der Waals surface area contributed by atoms with Gasteiger partial charge in [-0.2, -0.15) is 0 Å². The number of ether oxygens (including phenoxy) is 1. The lowest BCUT2D eigenvalue weighted by Crippen LogP contribution is -2.60. The molecule has 4 aliphatic rings. The quantitative estimate of drug-likeness (QED) is 0.0742. The molecule has 0 aromatic heterocycles. The summed E-state index contributed by atoms with van der Waals surface area (Å²) in [6.07, 6.45) is 1.55. The maximum absolute atomic E-state index is 15.3. The number of amides is 4. The number of alkyl halides is 2. The van der Waals surface area contributed by atoms with Crippen molar-refractivity contribution in [1.29, 1.82) is 0 Å². The number of hydrogen-bond acceptors (Lipinski definition) is 6. The summed E-state index contributed by atoms with van der Waals surface area (Å²) in [5.74, 6) is -22.3. The van der Waals surface area contributed by atoms with Gasteiger partial charge in [0.2, 0.25) is 17.6 Å². The van der Waals surface area contributed by atoms with Gasteiger partial charge in [-0.15, -0.1) is 23.2 Å². The van der Waals surface area contributed by atoms with Gasteiger partial charge in [-0.05, 0) is 55.9 Å². The largest absolute Gasteiger partial charge is 0.504 e. The smallest absolute Gasteiger partial charge is 0.258 e. The maximum atomic E-state index is 15.3. The van der Waals surface area contributed by atoms with Gasteiger partial charge in [-0.25, -0.2) is 26.9 Å². The van der Waals surface area contributed by atoms with E-state index in [4.69, 9.17) is 27.9 Å². The fourth-order valence-electron chi connectivity index (χ4n) is 8.09. The van der Waals surface area contributed by atoms with Crippen molar-refractivity contribution in [2.45, 2.75) is 48.8 Å². The third kappa shape index (κ3) is 4.56. The molecular weight excluding hydrogens is 722 g/mol. The minimum Gasteiger partial charge on any atom is -0.504 e. The normalized spacial score (nSPS) is 28.5. The molecule has 2 aliphatic carbocycles. The van der Waals surface area contributed by atoms with Gasteiger partial charge < -0.3 is 9.84 Å². The van der Waals surface area contributed by atoms with Crippen molar-refractivity contribution in [3.05, 3.63) is 94.3 Å². The Morgan fingerprint density at radius 1 is 0.824 bits per heavy atom. The summed E-state index contributed by atoms with van der Waals surface area (Å²) in [5.41, 5.74) is -0.570. The molecule has 15 heteroatoms. The van der Waals surface area contributed by atoms with E-state index in [1.807, 2.05) is 6.92 Å². The minimum atomic E-state index is -2.77. The number of nitrogens with zero attached hydrogens (tertiary/aromatic N) is 2. The number of para-hydroxylation sites is 1. The van der Waals surface area contributed by atoms with Gasteiger partial charge in [0, 0.05) is 11.5 Å². The summed E-state index contributed by atoms with van der Waals surface area (Å²) in [7, 11) is 0. The number of benzene rings is 3. The molecule has 1 saturated carbocycles. The Morgan fingerprint density at radius 3 is 2.06 bits per heavy atom. The summed E-state index contributed by atoms with van der Waals surface area (Å²) in [5, 5.41) is 11.5. The third-order valence-electron chi connectivity index (χ3n) is 10.5. The lowest BCUT2D eigenvalue weighted by Gasteiger charge is -2.50. The van der Waals surface area contributed by atoms with Gasteiger partial charge in [0.15, 0.2) is 44.5 Å². The third-order valence-corrected chi connectivity index (χ3v) is 11.9. The molecule has 3 fully saturated rings. The summed E-state index contributed by atoms with van der Waals surface area (Å²) >= 11 is 14.3. The van der Waals surface area contributed by atoms with E-state index in [-0.39, 0.29) is 34.8 Å². The van der Waals surface area contributed by atoms with E-state index in [9.17, 15) is 37.5 Å². The van der Waals surface area contributed by atoms with E-state index in [0.29, 0.717) is 12.1 Å². The van der Waals surface area contributed by atoms with Crippen molar-refractivity contribution in [3.8, 4) is 11.5 Å². The summed E-state index contributed by atoms with van der Waals surface area (Å²) in [4.78, 5) is 52.2. The van der Waals surface area contributed by atoms with Gasteiger partial charge in [-0.3, -0.25) is 24.1 Å². The zero-order chi connectivity index (χ0) is 36.9. The number of aromatic hydroxyl groups is 1. The predicted octanol–water partition coefficient (Wildman–Crippen LogP) is 6.82. The number of carbonyl (C=O) groups excluding carboxylic acids is 4. The second-order valence-corrected chi connectivity index (χ2v) is 14.1. The summed E-state index contributed by atoms with van der Waals surface area (Å²) < 4.78 is 79.0. The van der Waals surface area contributed by atoms with Gasteiger partial charge in [0.1, 0.15) is 5.69 Å². The zero-order valence-corrected chi connectivity index (χ0v) is 28.3. The van der Waals surface area contributed by atoms with Crippen LogP contribution in [0, 0.1) is 46.8 Å². The number of aryl methyl sites for hydroxylation is 1. The molecule has 0 spiro atoms. The fraction of sp³-hybridized carbons (Fsp3) is 0.333. The number of hydrogen-bond donors (Lipinski definition) is 1. The molecule has 6 atom stereocenters. The first kappa shape index (κ1) is 34.9. The molecule has 2 saturated heterocycles. The Morgan fingerprint density at radius 2 is 1.45 bits per heavy atom. The van der Waals surface area contributed by atoms with Crippen LogP contribution in [0.2, 0.25) is 0 Å². The predicted molar refractivity (Wildman–Crippen MR) is 174 cm³/mol. The van der Waals surface area contributed by atoms with Gasteiger partial charge >= 0.3 is 0 Å². The van der Waals surface area contributed by atoms with Crippen LogP contribution in [0.4, 0.5) is 33.3 Å². The maximum Gasteiger partial charge on any atom is 0.258 e. The number of phenolic OH excluding ortho intramolecular Hbond substituents is 1. The first-order valence-electron chi connectivity index (χ1n) is 16.0. The van der Waals surface area contributed by atoms with E-state index < -0.39 is 104 Å². The zero-order valence-electron chi connectivity index (χ0n) is 26.8. The van der Waals surface area contributed by atoms with E-state index in [1.165, 1.54) is 18.2 Å². The van der Waals surface area contributed by atoms with Crippen LogP contribution in [0.5, 0.6) is 11.5 Å². The molecule has 0 bridgehead atoms. The molecule has 3 aromatic rings. The Labute approximate surface area is 297 Å². The Hall–Kier alpha value is -4.49. The lowest BCUT2D eigenvalue weighted by molar-refractivity contribution is -0.125. The SMILES string of the molecule is CCOc1cccc(C2C3=CCC4C(=O)N(c5ccc(CC)cc5)C(=O)C4C3CC3(Cl)C(=O)N(c4c(F)c(F)c(F)c(F)c4F)C(=O)C23Cl)c1O. The number of phenols is 1. The highest BCUT2D eigenvalue weighted by molar-refractivity contribution is 6.58. The molecule has 51 heavy (non-hydrogen) atoms. The second-order valence-electron chi connectivity index (χ2n) is 12.9. The van der Waals surface area contributed by atoms with Crippen LogP contribution in [-0.4, -0.2) is 45.1 Å². The number of anilines is 2. The Bertz CT molecular complexity index is 2070. The minimum absolute atomic E-state index is 0.0429. The van der Waals surface area contributed by atoms with Crippen LogP contribution in [-0.2, 0) is 25.6 Å². The van der Waals surface area contributed by atoms with Gasteiger partial charge in [0.05, 0.1) is 24.1 Å². The van der Waals surface area contributed by atoms with Gasteiger partial charge in [-0.1, -0.05) is 42.8 Å². The monoisotopic (exact) mass is 748 g/mol. The lowest BCUT2D eigenvalue weighted by atomic mass is 9.56. The van der Waals surface area contributed by atoms with Gasteiger partial charge in [0.25, 0.3) is 11.8 Å². The van der Waals surface area contributed by atoms with Crippen molar-refractivity contribution in [2.75, 3.05) is 16.4 Å². The number of imide groups is 2. The summed E-state index contributed by atoms with van der Waals surface area (Å²) in [6, 6.07) is 10.9. The summed E-state index contributed by atoms with van der Waals surface area (Å²) in [6.45, 7) is 3.65. The van der Waals surface area contributed by atoms with Crippen LogP contribution < -0.4 is 14.5 Å². The molecule has 266 valence electrons. The number of halogens is 7. The Balaban J connectivity index is 1.43. The number of fused-ring (bicyclic) bond motifs is 4. The van der Waals surface area contributed by atoms with Crippen molar-refractivity contribution >= 4 is 58.2 Å². The molecule has 2 aliphatic heterocycles. The van der Waals surface area contributed by atoms with E-state index in [1.54, 1.807) is 37.3 Å². The Kier molecular flexibility index (Phi) is 8.25. The fourth-order valence-corrected chi connectivity index (χ4v) is 9.02. The number of allylic oxidation sites excluding steroid dienone is 2.